The lowest BCUT2D eigenvalue weighted by Gasteiger charge is -2.35. The van der Waals surface area contributed by atoms with Gasteiger partial charge in [-0.05, 0) is 70.0 Å². The largest absolute Gasteiger partial charge is 0.330 e. The van der Waals surface area contributed by atoms with Crippen LogP contribution >= 0.6 is 0 Å². The molecule has 2 nitrogen and oxygen atoms in total. The minimum absolute atomic E-state index is 0.890. The van der Waals surface area contributed by atoms with E-state index in [4.69, 9.17) is 5.73 Å². The molecule has 1 aliphatic heterocycles. The lowest BCUT2D eigenvalue weighted by Crippen LogP contribution is -2.37. The average Bonchev–Trinajstić information content (AvgIpc) is 2.97. The van der Waals surface area contributed by atoms with Crippen LogP contribution in [0.5, 0.6) is 0 Å². The Morgan fingerprint density at radius 1 is 1.29 bits per heavy atom. The zero-order chi connectivity index (χ0) is 9.97. The SMILES string of the molecule is CN1CCCC(C(CCN)C2CC2)C1. The molecule has 2 atom stereocenters. The fourth-order valence-corrected chi connectivity index (χ4v) is 3.13. The van der Waals surface area contributed by atoms with Crippen LogP contribution < -0.4 is 5.73 Å². The van der Waals surface area contributed by atoms with Gasteiger partial charge in [0.1, 0.15) is 0 Å². The van der Waals surface area contributed by atoms with Gasteiger partial charge in [-0.3, -0.25) is 0 Å². The normalized spacial score (nSPS) is 31.7. The van der Waals surface area contributed by atoms with E-state index in [-0.39, 0.29) is 0 Å². The van der Waals surface area contributed by atoms with Crippen LogP contribution in [-0.2, 0) is 0 Å². The van der Waals surface area contributed by atoms with E-state index >= 15 is 0 Å². The summed E-state index contributed by atoms with van der Waals surface area (Å²) in [5.74, 6) is 2.93. The number of hydrogen-bond acceptors (Lipinski definition) is 2. The predicted molar refractivity (Wildman–Crippen MR) is 60.1 cm³/mol. The predicted octanol–water partition coefficient (Wildman–Crippen LogP) is 1.70. The number of hydrogen-bond donors (Lipinski definition) is 1. The number of nitrogens with zero attached hydrogens (tertiary/aromatic N) is 1. The molecule has 0 aromatic heterocycles. The monoisotopic (exact) mass is 196 g/mol. The molecule has 2 heteroatoms. The van der Waals surface area contributed by atoms with Crippen molar-refractivity contribution in [2.24, 2.45) is 23.5 Å². The Labute approximate surface area is 87.8 Å². The molecule has 0 aromatic rings. The third-order valence-corrected chi connectivity index (χ3v) is 3.99. The minimum Gasteiger partial charge on any atom is -0.330 e. The summed E-state index contributed by atoms with van der Waals surface area (Å²) in [4.78, 5) is 2.50. The molecule has 2 aliphatic rings. The molecule has 0 amide bonds. The van der Waals surface area contributed by atoms with Gasteiger partial charge in [0.25, 0.3) is 0 Å². The van der Waals surface area contributed by atoms with Gasteiger partial charge in [-0.25, -0.2) is 0 Å². The molecular formula is C12H24N2. The molecule has 82 valence electrons. The lowest BCUT2D eigenvalue weighted by molar-refractivity contribution is 0.142. The van der Waals surface area contributed by atoms with Crippen LogP contribution in [0.2, 0.25) is 0 Å². The van der Waals surface area contributed by atoms with Crippen molar-refractivity contribution in [1.82, 2.24) is 4.90 Å². The van der Waals surface area contributed by atoms with Gasteiger partial charge < -0.3 is 10.6 Å². The first-order chi connectivity index (χ1) is 6.81. The van der Waals surface area contributed by atoms with Crippen molar-refractivity contribution in [3.05, 3.63) is 0 Å². The molecular weight excluding hydrogens is 172 g/mol. The number of piperidine rings is 1. The number of rotatable bonds is 4. The third-order valence-electron chi connectivity index (χ3n) is 3.99. The first-order valence-electron chi connectivity index (χ1n) is 6.20. The molecule has 1 saturated heterocycles. The second-order valence-corrected chi connectivity index (χ2v) is 5.24. The third kappa shape index (κ3) is 2.48. The Balaban J connectivity index is 1.88. The summed E-state index contributed by atoms with van der Waals surface area (Å²) in [6.45, 7) is 3.51. The molecule has 2 N–H and O–H groups in total. The van der Waals surface area contributed by atoms with Crippen molar-refractivity contribution in [3.8, 4) is 0 Å². The summed E-state index contributed by atoms with van der Waals surface area (Å²) in [6, 6.07) is 0. The highest BCUT2D eigenvalue weighted by molar-refractivity contribution is 4.88. The van der Waals surface area contributed by atoms with Crippen LogP contribution in [0.1, 0.15) is 32.1 Å². The van der Waals surface area contributed by atoms with Crippen LogP contribution in [0, 0.1) is 17.8 Å². The zero-order valence-corrected chi connectivity index (χ0v) is 9.41. The van der Waals surface area contributed by atoms with E-state index in [0.29, 0.717) is 0 Å². The molecule has 2 rings (SSSR count). The second kappa shape index (κ2) is 4.63. The Morgan fingerprint density at radius 3 is 2.64 bits per heavy atom. The molecule has 0 radical (unpaired) electrons. The summed E-state index contributed by atoms with van der Waals surface area (Å²) in [6.07, 6.45) is 7.07. The Bertz CT molecular complexity index is 177. The Kier molecular flexibility index (Phi) is 3.45. The van der Waals surface area contributed by atoms with Gasteiger partial charge in [0.15, 0.2) is 0 Å². The van der Waals surface area contributed by atoms with Crippen LogP contribution in [0.4, 0.5) is 0 Å². The highest BCUT2D eigenvalue weighted by atomic mass is 15.1. The first-order valence-corrected chi connectivity index (χ1v) is 6.20. The van der Waals surface area contributed by atoms with Crippen LogP contribution in [0.25, 0.3) is 0 Å². The van der Waals surface area contributed by atoms with E-state index in [0.717, 1.165) is 24.3 Å². The molecule has 2 fully saturated rings. The second-order valence-electron chi connectivity index (χ2n) is 5.24. The standard InChI is InChI=1S/C12H24N2/c1-14-8-2-3-11(9-14)12(6-7-13)10-4-5-10/h10-12H,2-9,13H2,1H3. The minimum atomic E-state index is 0.890. The van der Waals surface area contributed by atoms with Crippen molar-refractivity contribution < 1.29 is 0 Å². The van der Waals surface area contributed by atoms with E-state index in [1.54, 1.807) is 0 Å². The maximum Gasteiger partial charge on any atom is 0.000937 e. The Morgan fingerprint density at radius 2 is 2.07 bits per heavy atom. The van der Waals surface area contributed by atoms with E-state index in [2.05, 4.69) is 11.9 Å². The highest BCUT2D eigenvalue weighted by Crippen LogP contribution is 2.44. The van der Waals surface area contributed by atoms with E-state index in [9.17, 15) is 0 Å². The zero-order valence-electron chi connectivity index (χ0n) is 9.41. The fraction of sp³-hybridized carbons (Fsp3) is 1.00. The molecule has 14 heavy (non-hydrogen) atoms. The maximum atomic E-state index is 5.72. The van der Waals surface area contributed by atoms with E-state index < -0.39 is 0 Å². The summed E-state index contributed by atoms with van der Waals surface area (Å²) in [5, 5.41) is 0. The molecule has 0 bridgehead atoms. The highest BCUT2D eigenvalue weighted by Gasteiger charge is 2.36. The topological polar surface area (TPSA) is 29.3 Å². The maximum absolute atomic E-state index is 5.72. The van der Waals surface area contributed by atoms with E-state index in [1.165, 1.54) is 45.2 Å². The van der Waals surface area contributed by atoms with Gasteiger partial charge in [-0.1, -0.05) is 0 Å². The van der Waals surface area contributed by atoms with E-state index in [1.807, 2.05) is 0 Å². The van der Waals surface area contributed by atoms with Gasteiger partial charge in [0.05, 0.1) is 0 Å². The first kappa shape index (κ1) is 10.4. The van der Waals surface area contributed by atoms with Crippen LogP contribution in [0.15, 0.2) is 0 Å². The summed E-state index contributed by atoms with van der Waals surface area (Å²) < 4.78 is 0. The van der Waals surface area contributed by atoms with Gasteiger partial charge in [0, 0.05) is 6.54 Å². The van der Waals surface area contributed by atoms with Crippen LogP contribution in [0.3, 0.4) is 0 Å². The van der Waals surface area contributed by atoms with Crippen molar-refractivity contribution in [2.75, 3.05) is 26.7 Å². The van der Waals surface area contributed by atoms with Gasteiger partial charge in [-0.2, -0.15) is 0 Å². The molecule has 0 spiro atoms. The Hall–Kier alpha value is -0.0800. The van der Waals surface area contributed by atoms with Crippen LogP contribution in [-0.4, -0.2) is 31.6 Å². The van der Waals surface area contributed by atoms with Gasteiger partial charge >= 0.3 is 0 Å². The number of nitrogens with two attached hydrogens (primary N) is 1. The lowest BCUT2D eigenvalue weighted by atomic mass is 9.80. The molecule has 2 unspecified atom stereocenters. The van der Waals surface area contributed by atoms with Crippen molar-refractivity contribution in [3.63, 3.8) is 0 Å². The molecule has 1 heterocycles. The smallest absolute Gasteiger partial charge is 0.000937 e. The average molecular weight is 196 g/mol. The fourth-order valence-electron chi connectivity index (χ4n) is 3.13. The van der Waals surface area contributed by atoms with Crippen molar-refractivity contribution >= 4 is 0 Å². The van der Waals surface area contributed by atoms with Crippen molar-refractivity contribution in [1.29, 1.82) is 0 Å². The summed E-state index contributed by atoms with van der Waals surface area (Å²) >= 11 is 0. The van der Waals surface area contributed by atoms with Crippen molar-refractivity contribution in [2.45, 2.75) is 32.1 Å². The quantitative estimate of drug-likeness (QED) is 0.741. The summed E-state index contributed by atoms with van der Waals surface area (Å²) in [7, 11) is 2.26. The van der Waals surface area contributed by atoms with Gasteiger partial charge in [-0.15, -0.1) is 0 Å². The van der Waals surface area contributed by atoms with Gasteiger partial charge in [0.2, 0.25) is 0 Å². The molecule has 1 saturated carbocycles. The molecule has 1 aliphatic carbocycles. The summed E-state index contributed by atoms with van der Waals surface area (Å²) in [5.41, 5.74) is 5.72. The number of likely N-dealkylation sites (tertiary alicyclic amines) is 1. The molecule has 0 aromatic carbocycles.